The quantitative estimate of drug-likeness (QED) is 0.765. The first-order valence-corrected chi connectivity index (χ1v) is 10.0. The fourth-order valence-electron chi connectivity index (χ4n) is 2.63. The number of para-hydroxylation sites is 1. The van der Waals surface area contributed by atoms with Crippen LogP contribution in [0.1, 0.15) is 21.5 Å². The smallest absolute Gasteiger partial charge is 0.340 e. The lowest BCUT2D eigenvalue weighted by Crippen LogP contribution is -2.38. The zero-order chi connectivity index (χ0) is 20.2. The van der Waals surface area contributed by atoms with Crippen molar-refractivity contribution in [3.8, 4) is 0 Å². The summed E-state index contributed by atoms with van der Waals surface area (Å²) in [5.74, 6) is -1.21. The standard InChI is InChI=1S/C19H22N2O5S/c1-13-9-10-16(14(2)11-13)20-18(22)12-21(27(4,24)25)17-8-6-5-7-15(17)19(23)26-3/h5-11H,12H2,1-4H3,(H,20,22). The van der Waals surface area contributed by atoms with Crippen molar-refractivity contribution in [3.05, 3.63) is 59.2 Å². The van der Waals surface area contributed by atoms with Gasteiger partial charge < -0.3 is 10.1 Å². The molecule has 0 heterocycles. The summed E-state index contributed by atoms with van der Waals surface area (Å²) in [6.07, 6.45) is 0.978. The fourth-order valence-corrected chi connectivity index (χ4v) is 3.50. The van der Waals surface area contributed by atoms with Gasteiger partial charge in [0.2, 0.25) is 15.9 Å². The average Bonchev–Trinajstić information content (AvgIpc) is 2.60. The minimum Gasteiger partial charge on any atom is -0.465 e. The summed E-state index contributed by atoms with van der Waals surface area (Å²) in [4.78, 5) is 24.5. The number of esters is 1. The number of carbonyl (C=O) groups excluding carboxylic acids is 2. The molecule has 0 radical (unpaired) electrons. The van der Waals surface area contributed by atoms with Crippen molar-refractivity contribution in [1.82, 2.24) is 0 Å². The second-order valence-electron chi connectivity index (χ2n) is 6.14. The first-order valence-electron chi connectivity index (χ1n) is 8.15. The number of carbonyl (C=O) groups is 2. The van der Waals surface area contributed by atoms with Gasteiger partial charge in [-0.2, -0.15) is 0 Å². The van der Waals surface area contributed by atoms with Crippen LogP contribution in [0.15, 0.2) is 42.5 Å². The van der Waals surface area contributed by atoms with Crippen LogP contribution in [0.2, 0.25) is 0 Å². The Bertz CT molecular complexity index is 970. The lowest BCUT2D eigenvalue weighted by molar-refractivity contribution is -0.114. The normalized spacial score (nSPS) is 11.0. The maximum Gasteiger partial charge on any atom is 0.340 e. The maximum atomic E-state index is 12.5. The molecule has 27 heavy (non-hydrogen) atoms. The van der Waals surface area contributed by atoms with E-state index in [0.717, 1.165) is 21.7 Å². The van der Waals surface area contributed by atoms with E-state index in [2.05, 4.69) is 5.32 Å². The van der Waals surface area contributed by atoms with E-state index in [-0.39, 0.29) is 11.3 Å². The number of hydrogen-bond donors (Lipinski definition) is 1. The number of rotatable bonds is 6. The van der Waals surface area contributed by atoms with Crippen LogP contribution >= 0.6 is 0 Å². The van der Waals surface area contributed by atoms with Gasteiger partial charge in [0.15, 0.2) is 0 Å². The van der Waals surface area contributed by atoms with Crippen molar-refractivity contribution < 1.29 is 22.7 Å². The first-order chi connectivity index (χ1) is 12.6. The number of ether oxygens (including phenoxy) is 1. The van der Waals surface area contributed by atoms with Crippen LogP contribution in [0.4, 0.5) is 11.4 Å². The molecule has 0 saturated carbocycles. The molecule has 1 amide bonds. The Hall–Kier alpha value is -2.87. The second kappa shape index (κ2) is 8.22. The van der Waals surface area contributed by atoms with E-state index in [1.807, 2.05) is 26.0 Å². The van der Waals surface area contributed by atoms with E-state index in [1.165, 1.54) is 19.2 Å². The largest absolute Gasteiger partial charge is 0.465 e. The van der Waals surface area contributed by atoms with Gasteiger partial charge in [0.1, 0.15) is 6.54 Å². The second-order valence-corrected chi connectivity index (χ2v) is 8.05. The van der Waals surface area contributed by atoms with Crippen LogP contribution in [0, 0.1) is 13.8 Å². The lowest BCUT2D eigenvalue weighted by Gasteiger charge is -2.24. The summed E-state index contributed by atoms with van der Waals surface area (Å²) in [5.41, 5.74) is 2.66. The first kappa shape index (κ1) is 20.4. The topological polar surface area (TPSA) is 92.8 Å². The van der Waals surface area contributed by atoms with Crippen molar-refractivity contribution in [1.29, 1.82) is 0 Å². The van der Waals surface area contributed by atoms with Crippen LogP contribution in [-0.4, -0.2) is 40.2 Å². The summed E-state index contributed by atoms with van der Waals surface area (Å²) in [6, 6.07) is 11.6. The zero-order valence-corrected chi connectivity index (χ0v) is 16.5. The Labute approximate surface area is 159 Å². The third-order valence-electron chi connectivity index (χ3n) is 3.92. The maximum absolute atomic E-state index is 12.5. The van der Waals surface area contributed by atoms with Crippen molar-refractivity contribution >= 4 is 33.3 Å². The Morgan fingerprint density at radius 1 is 1.11 bits per heavy atom. The molecule has 1 N–H and O–H groups in total. The summed E-state index contributed by atoms with van der Waals surface area (Å²) in [5, 5.41) is 2.71. The van der Waals surface area contributed by atoms with Crippen LogP contribution in [0.3, 0.4) is 0 Å². The molecule has 0 bridgehead atoms. The van der Waals surface area contributed by atoms with Gasteiger partial charge >= 0.3 is 5.97 Å². The summed E-state index contributed by atoms with van der Waals surface area (Å²) in [6.45, 7) is 3.32. The highest BCUT2D eigenvalue weighted by molar-refractivity contribution is 7.92. The highest BCUT2D eigenvalue weighted by Gasteiger charge is 2.25. The fraction of sp³-hybridized carbons (Fsp3) is 0.263. The molecule has 2 aromatic rings. The number of nitrogens with one attached hydrogen (secondary N) is 1. The third-order valence-corrected chi connectivity index (χ3v) is 5.05. The summed E-state index contributed by atoms with van der Waals surface area (Å²) >= 11 is 0. The Balaban J connectivity index is 2.34. The third kappa shape index (κ3) is 5.07. The van der Waals surface area contributed by atoms with Crippen LogP contribution in [-0.2, 0) is 19.6 Å². The molecule has 2 aromatic carbocycles. The highest BCUT2D eigenvalue weighted by Crippen LogP contribution is 2.24. The van der Waals surface area contributed by atoms with Crippen molar-refractivity contribution in [2.75, 3.05) is 29.5 Å². The van der Waals surface area contributed by atoms with Crippen LogP contribution in [0.5, 0.6) is 0 Å². The molecule has 0 atom stereocenters. The number of hydrogen-bond acceptors (Lipinski definition) is 5. The van der Waals surface area contributed by atoms with E-state index >= 15 is 0 Å². The number of aryl methyl sites for hydroxylation is 2. The Morgan fingerprint density at radius 3 is 2.37 bits per heavy atom. The molecular formula is C19H22N2O5S. The van der Waals surface area contributed by atoms with Crippen molar-refractivity contribution in [3.63, 3.8) is 0 Å². The van der Waals surface area contributed by atoms with E-state index in [1.54, 1.807) is 18.2 Å². The molecule has 0 saturated heterocycles. The number of anilines is 2. The van der Waals surface area contributed by atoms with Gasteiger partial charge in [0, 0.05) is 5.69 Å². The zero-order valence-electron chi connectivity index (χ0n) is 15.6. The van der Waals surface area contributed by atoms with Crippen LogP contribution in [0.25, 0.3) is 0 Å². The minimum atomic E-state index is -3.82. The highest BCUT2D eigenvalue weighted by atomic mass is 32.2. The predicted molar refractivity (Wildman–Crippen MR) is 105 cm³/mol. The molecule has 2 rings (SSSR count). The van der Waals surface area contributed by atoms with Gasteiger partial charge in [-0.25, -0.2) is 13.2 Å². The van der Waals surface area contributed by atoms with E-state index in [0.29, 0.717) is 5.69 Å². The molecule has 0 unspecified atom stereocenters. The Morgan fingerprint density at radius 2 is 1.78 bits per heavy atom. The monoisotopic (exact) mass is 390 g/mol. The van der Waals surface area contributed by atoms with E-state index in [4.69, 9.17) is 4.74 Å². The van der Waals surface area contributed by atoms with Crippen LogP contribution < -0.4 is 9.62 Å². The van der Waals surface area contributed by atoms with Gasteiger partial charge in [-0.15, -0.1) is 0 Å². The van der Waals surface area contributed by atoms with Crippen molar-refractivity contribution in [2.45, 2.75) is 13.8 Å². The molecule has 0 aliphatic carbocycles. The molecule has 0 fully saturated rings. The molecule has 144 valence electrons. The van der Waals surface area contributed by atoms with Gasteiger partial charge in [-0.05, 0) is 37.6 Å². The summed E-state index contributed by atoms with van der Waals surface area (Å²) < 4.78 is 30.2. The number of benzene rings is 2. The van der Waals surface area contributed by atoms with Gasteiger partial charge in [-0.3, -0.25) is 9.10 Å². The molecule has 0 aromatic heterocycles. The molecule has 8 heteroatoms. The molecule has 0 spiro atoms. The summed E-state index contributed by atoms with van der Waals surface area (Å²) in [7, 11) is -2.62. The predicted octanol–water partition coefficient (Wildman–Crippen LogP) is 2.49. The number of nitrogens with zero attached hydrogens (tertiary/aromatic N) is 1. The van der Waals surface area contributed by atoms with E-state index < -0.39 is 28.4 Å². The SMILES string of the molecule is COC(=O)c1ccccc1N(CC(=O)Nc1ccc(C)cc1C)S(C)(=O)=O. The molecule has 0 aliphatic heterocycles. The van der Waals surface area contributed by atoms with Gasteiger partial charge in [0.05, 0.1) is 24.6 Å². The molecule has 7 nitrogen and oxygen atoms in total. The van der Waals surface area contributed by atoms with Crippen molar-refractivity contribution in [2.24, 2.45) is 0 Å². The van der Waals surface area contributed by atoms with Gasteiger partial charge in [-0.1, -0.05) is 29.8 Å². The number of methoxy groups -OCH3 is 1. The minimum absolute atomic E-state index is 0.0599. The number of sulfonamides is 1. The van der Waals surface area contributed by atoms with Gasteiger partial charge in [0.25, 0.3) is 0 Å². The molecule has 0 aliphatic rings. The van der Waals surface area contributed by atoms with E-state index in [9.17, 15) is 18.0 Å². The Kier molecular flexibility index (Phi) is 6.22. The number of amides is 1. The average molecular weight is 390 g/mol. The lowest BCUT2D eigenvalue weighted by atomic mass is 10.1. The molecular weight excluding hydrogens is 368 g/mol.